The van der Waals surface area contributed by atoms with Crippen molar-refractivity contribution in [2.75, 3.05) is 13.1 Å². The fourth-order valence-electron chi connectivity index (χ4n) is 2.17. The first-order valence-electron chi connectivity index (χ1n) is 5.95. The number of hydrogen-bond donors (Lipinski definition) is 2. The van der Waals surface area contributed by atoms with E-state index in [0.29, 0.717) is 25.1 Å². The first-order valence-corrected chi connectivity index (χ1v) is 7.02. The van der Waals surface area contributed by atoms with Crippen LogP contribution in [0.25, 0.3) is 0 Å². The maximum Gasteiger partial charge on any atom is 0.257 e. The lowest BCUT2D eigenvalue weighted by molar-refractivity contribution is 0.0296. The van der Waals surface area contributed by atoms with Crippen molar-refractivity contribution in [2.45, 2.75) is 19.4 Å². The number of likely N-dealkylation sites (tertiary alicyclic amines) is 1. The summed E-state index contributed by atoms with van der Waals surface area (Å²) in [5.74, 6) is -0.0726. The molecule has 2 N–H and O–H groups in total. The molecule has 0 aliphatic carbocycles. The Balaban J connectivity index is 2.19. The third-order valence-corrected chi connectivity index (χ3v) is 4.01. The van der Waals surface area contributed by atoms with E-state index in [1.54, 1.807) is 17.0 Å². The molecule has 2 atom stereocenters. The van der Waals surface area contributed by atoms with E-state index < -0.39 is 0 Å². The summed E-state index contributed by atoms with van der Waals surface area (Å²) in [4.78, 5) is 14.0. The molecule has 0 spiro atoms. The SMILES string of the molecule is CC1CN(C(=O)c2cc(I)ccc2O)CCC1O. The molecule has 1 aromatic rings. The zero-order valence-electron chi connectivity index (χ0n) is 10.1. The van der Waals surface area contributed by atoms with Gasteiger partial charge in [-0.2, -0.15) is 0 Å². The van der Waals surface area contributed by atoms with Crippen LogP contribution in [0.15, 0.2) is 18.2 Å². The Kier molecular flexibility index (Phi) is 4.11. The van der Waals surface area contributed by atoms with Gasteiger partial charge in [0.1, 0.15) is 5.75 Å². The molecule has 2 rings (SSSR count). The van der Waals surface area contributed by atoms with Crippen LogP contribution in [0.1, 0.15) is 23.7 Å². The Bertz CT molecular complexity index is 464. The Morgan fingerprint density at radius 1 is 1.50 bits per heavy atom. The van der Waals surface area contributed by atoms with Gasteiger partial charge in [-0.25, -0.2) is 0 Å². The van der Waals surface area contributed by atoms with E-state index in [2.05, 4.69) is 22.6 Å². The Labute approximate surface area is 120 Å². The van der Waals surface area contributed by atoms with Crippen molar-refractivity contribution in [3.63, 3.8) is 0 Å². The summed E-state index contributed by atoms with van der Waals surface area (Å²) in [6, 6.07) is 4.99. The number of nitrogens with zero attached hydrogens (tertiary/aromatic N) is 1. The lowest BCUT2D eigenvalue weighted by Crippen LogP contribution is -2.45. The minimum absolute atomic E-state index is 0.0131. The lowest BCUT2D eigenvalue weighted by atomic mass is 9.96. The van der Waals surface area contributed by atoms with E-state index in [4.69, 9.17) is 0 Å². The van der Waals surface area contributed by atoms with Crippen molar-refractivity contribution in [1.29, 1.82) is 0 Å². The highest BCUT2D eigenvalue weighted by Gasteiger charge is 2.28. The maximum absolute atomic E-state index is 12.3. The minimum Gasteiger partial charge on any atom is -0.507 e. The molecule has 1 saturated heterocycles. The van der Waals surface area contributed by atoms with Gasteiger partial charge in [0.25, 0.3) is 5.91 Å². The Morgan fingerprint density at radius 3 is 2.89 bits per heavy atom. The average molecular weight is 361 g/mol. The van der Waals surface area contributed by atoms with Gasteiger partial charge in [-0.05, 0) is 53.1 Å². The third-order valence-electron chi connectivity index (χ3n) is 3.34. The number of piperidine rings is 1. The molecular weight excluding hydrogens is 345 g/mol. The Morgan fingerprint density at radius 2 is 2.22 bits per heavy atom. The summed E-state index contributed by atoms with van der Waals surface area (Å²) in [7, 11) is 0. The molecule has 0 saturated carbocycles. The topological polar surface area (TPSA) is 60.8 Å². The van der Waals surface area contributed by atoms with Crippen LogP contribution >= 0.6 is 22.6 Å². The summed E-state index contributed by atoms with van der Waals surface area (Å²) in [6.45, 7) is 3.00. The standard InChI is InChI=1S/C13H16INO3/c1-8-7-15(5-4-11(8)16)13(18)10-6-9(14)2-3-12(10)17/h2-3,6,8,11,16-17H,4-5,7H2,1H3. The van der Waals surface area contributed by atoms with Crippen molar-refractivity contribution in [3.8, 4) is 5.75 Å². The summed E-state index contributed by atoms with van der Waals surface area (Å²) >= 11 is 2.11. The summed E-state index contributed by atoms with van der Waals surface area (Å²) in [5.41, 5.74) is 0.338. The second kappa shape index (κ2) is 5.44. The van der Waals surface area contributed by atoms with E-state index >= 15 is 0 Å². The van der Waals surface area contributed by atoms with E-state index in [0.717, 1.165) is 3.57 Å². The fraction of sp³-hybridized carbons (Fsp3) is 0.462. The van der Waals surface area contributed by atoms with Crippen molar-refractivity contribution < 1.29 is 15.0 Å². The van der Waals surface area contributed by atoms with E-state index in [1.165, 1.54) is 6.07 Å². The first-order chi connectivity index (χ1) is 8.49. The molecule has 2 unspecified atom stereocenters. The van der Waals surface area contributed by atoms with Crippen LogP contribution in [-0.4, -0.2) is 40.2 Å². The zero-order chi connectivity index (χ0) is 13.3. The summed E-state index contributed by atoms with van der Waals surface area (Å²) < 4.78 is 0.916. The highest BCUT2D eigenvalue weighted by atomic mass is 127. The van der Waals surface area contributed by atoms with Crippen molar-refractivity contribution in [3.05, 3.63) is 27.3 Å². The molecule has 1 aliphatic rings. The molecule has 0 radical (unpaired) electrons. The molecule has 0 aromatic heterocycles. The minimum atomic E-state index is -0.335. The normalized spacial score (nSPS) is 24.1. The fourth-order valence-corrected chi connectivity index (χ4v) is 2.66. The number of phenolic OH excluding ortho intramolecular Hbond substituents is 1. The van der Waals surface area contributed by atoms with Crippen LogP contribution in [0.3, 0.4) is 0 Å². The number of aromatic hydroxyl groups is 1. The van der Waals surface area contributed by atoms with Crippen molar-refractivity contribution in [1.82, 2.24) is 4.90 Å². The number of aliphatic hydroxyl groups is 1. The van der Waals surface area contributed by atoms with Gasteiger partial charge >= 0.3 is 0 Å². The molecule has 1 aliphatic heterocycles. The molecular formula is C13H16INO3. The van der Waals surface area contributed by atoms with Gasteiger partial charge in [0, 0.05) is 16.7 Å². The van der Waals surface area contributed by atoms with Crippen LogP contribution in [0.4, 0.5) is 0 Å². The van der Waals surface area contributed by atoms with Gasteiger partial charge in [0.15, 0.2) is 0 Å². The van der Waals surface area contributed by atoms with Crippen LogP contribution in [0, 0.1) is 9.49 Å². The molecule has 4 nitrogen and oxygen atoms in total. The van der Waals surface area contributed by atoms with Crippen LogP contribution in [0.2, 0.25) is 0 Å². The number of carbonyl (C=O) groups excluding carboxylic acids is 1. The monoisotopic (exact) mass is 361 g/mol. The second-order valence-corrected chi connectivity index (χ2v) is 5.99. The largest absolute Gasteiger partial charge is 0.507 e. The van der Waals surface area contributed by atoms with Gasteiger partial charge in [-0.15, -0.1) is 0 Å². The molecule has 0 bridgehead atoms. The number of benzene rings is 1. The van der Waals surface area contributed by atoms with Crippen LogP contribution < -0.4 is 0 Å². The smallest absolute Gasteiger partial charge is 0.257 e. The van der Waals surface area contributed by atoms with Crippen LogP contribution in [-0.2, 0) is 0 Å². The highest BCUT2D eigenvalue weighted by molar-refractivity contribution is 14.1. The number of halogens is 1. The molecule has 1 aromatic carbocycles. The molecule has 1 heterocycles. The van der Waals surface area contributed by atoms with Gasteiger partial charge in [0.05, 0.1) is 11.7 Å². The third kappa shape index (κ3) is 2.77. The summed E-state index contributed by atoms with van der Waals surface area (Å²) in [5, 5.41) is 19.4. The molecule has 98 valence electrons. The van der Waals surface area contributed by atoms with Crippen LogP contribution in [0.5, 0.6) is 5.75 Å². The second-order valence-electron chi connectivity index (χ2n) is 4.75. The number of aliphatic hydroxyl groups excluding tert-OH is 1. The van der Waals surface area contributed by atoms with Gasteiger partial charge in [-0.1, -0.05) is 6.92 Å². The van der Waals surface area contributed by atoms with E-state index in [1.807, 2.05) is 6.92 Å². The summed E-state index contributed by atoms with van der Waals surface area (Å²) in [6.07, 6.45) is 0.260. The molecule has 5 heteroatoms. The first kappa shape index (κ1) is 13.6. The van der Waals surface area contributed by atoms with Gasteiger partial charge in [0.2, 0.25) is 0 Å². The van der Waals surface area contributed by atoms with Crippen molar-refractivity contribution >= 4 is 28.5 Å². The zero-order valence-corrected chi connectivity index (χ0v) is 12.3. The lowest BCUT2D eigenvalue weighted by Gasteiger charge is -2.34. The number of amides is 1. The Hall–Kier alpha value is -0.820. The maximum atomic E-state index is 12.3. The number of phenols is 1. The van der Waals surface area contributed by atoms with Gasteiger partial charge in [-0.3, -0.25) is 4.79 Å². The highest BCUT2D eigenvalue weighted by Crippen LogP contribution is 2.24. The molecule has 18 heavy (non-hydrogen) atoms. The quantitative estimate of drug-likeness (QED) is 0.751. The predicted molar refractivity (Wildman–Crippen MR) is 76.5 cm³/mol. The number of carbonyl (C=O) groups is 1. The molecule has 1 amide bonds. The van der Waals surface area contributed by atoms with Gasteiger partial charge < -0.3 is 15.1 Å². The number of hydrogen-bond acceptors (Lipinski definition) is 3. The van der Waals surface area contributed by atoms with E-state index in [9.17, 15) is 15.0 Å². The van der Waals surface area contributed by atoms with E-state index in [-0.39, 0.29) is 23.7 Å². The molecule has 1 fully saturated rings. The predicted octanol–water partition coefficient (Wildman–Crippen LogP) is 1.84. The average Bonchev–Trinajstić information content (AvgIpc) is 2.35. The van der Waals surface area contributed by atoms with Crippen molar-refractivity contribution in [2.24, 2.45) is 5.92 Å². The number of rotatable bonds is 1.